The average molecular weight is 475 g/mol. The summed E-state index contributed by atoms with van der Waals surface area (Å²) in [5, 5.41) is 4.81. The van der Waals surface area contributed by atoms with Gasteiger partial charge in [0.15, 0.2) is 0 Å². The topological polar surface area (TPSA) is 93.7 Å². The Balaban J connectivity index is 1.52. The lowest BCUT2D eigenvalue weighted by Gasteiger charge is -2.11. The van der Waals surface area contributed by atoms with Crippen LogP contribution in [-0.4, -0.2) is 41.6 Å². The zero-order chi connectivity index (χ0) is 23.0. The van der Waals surface area contributed by atoms with Crippen LogP contribution in [0.15, 0.2) is 64.9 Å². The van der Waals surface area contributed by atoms with Gasteiger partial charge in [0.1, 0.15) is 11.5 Å². The highest BCUT2D eigenvalue weighted by atomic mass is 32.2. The maximum absolute atomic E-state index is 12.4. The SMILES string of the molecule is COc1ccc(CCNC(=O)c2ccc(S(=O)(=O)NCCc3cccs3)cc2)c(OC)c1. The van der Waals surface area contributed by atoms with E-state index in [0.29, 0.717) is 43.0 Å². The molecule has 170 valence electrons. The van der Waals surface area contributed by atoms with Gasteiger partial charge in [0.2, 0.25) is 10.0 Å². The summed E-state index contributed by atoms with van der Waals surface area (Å²) >= 11 is 1.59. The number of sulfonamides is 1. The van der Waals surface area contributed by atoms with Crippen molar-refractivity contribution >= 4 is 27.3 Å². The third-order valence-electron chi connectivity index (χ3n) is 4.84. The van der Waals surface area contributed by atoms with Crippen LogP contribution in [0.1, 0.15) is 20.8 Å². The largest absolute Gasteiger partial charge is 0.497 e. The summed E-state index contributed by atoms with van der Waals surface area (Å²) in [5.41, 5.74) is 1.34. The average Bonchev–Trinajstić information content (AvgIpc) is 3.32. The highest BCUT2D eigenvalue weighted by molar-refractivity contribution is 7.89. The monoisotopic (exact) mass is 474 g/mol. The smallest absolute Gasteiger partial charge is 0.251 e. The summed E-state index contributed by atoms with van der Waals surface area (Å²) in [5.74, 6) is 1.12. The molecule has 0 bridgehead atoms. The van der Waals surface area contributed by atoms with Gasteiger partial charge in [0.05, 0.1) is 19.1 Å². The van der Waals surface area contributed by atoms with Gasteiger partial charge in [-0.3, -0.25) is 4.79 Å². The summed E-state index contributed by atoms with van der Waals surface area (Å²) in [6.45, 7) is 0.728. The van der Waals surface area contributed by atoms with E-state index < -0.39 is 10.0 Å². The van der Waals surface area contributed by atoms with Crippen molar-refractivity contribution in [3.63, 3.8) is 0 Å². The quantitative estimate of drug-likeness (QED) is 0.445. The van der Waals surface area contributed by atoms with Gasteiger partial charge in [-0.15, -0.1) is 11.3 Å². The summed E-state index contributed by atoms with van der Waals surface area (Å²) in [7, 11) is -0.447. The number of carbonyl (C=O) groups excluding carboxylic acids is 1. The summed E-state index contributed by atoms with van der Waals surface area (Å²) in [4.78, 5) is 13.7. The van der Waals surface area contributed by atoms with E-state index in [1.807, 2.05) is 29.6 Å². The molecule has 0 aliphatic carbocycles. The lowest BCUT2D eigenvalue weighted by molar-refractivity contribution is 0.0954. The van der Waals surface area contributed by atoms with Crippen LogP contribution in [0.3, 0.4) is 0 Å². The van der Waals surface area contributed by atoms with Gasteiger partial charge < -0.3 is 14.8 Å². The molecule has 0 aliphatic rings. The first-order valence-corrected chi connectivity index (χ1v) is 12.4. The first kappa shape index (κ1) is 23.8. The van der Waals surface area contributed by atoms with Crippen molar-refractivity contribution in [1.82, 2.24) is 10.0 Å². The van der Waals surface area contributed by atoms with Crippen molar-refractivity contribution < 1.29 is 22.7 Å². The fraction of sp³-hybridized carbons (Fsp3) is 0.261. The van der Waals surface area contributed by atoms with E-state index in [1.54, 1.807) is 31.6 Å². The second-order valence-corrected chi connectivity index (χ2v) is 9.73. The van der Waals surface area contributed by atoms with Gasteiger partial charge in [-0.25, -0.2) is 13.1 Å². The third kappa shape index (κ3) is 6.32. The molecule has 0 saturated heterocycles. The minimum absolute atomic E-state index is 0.128. The Morgan fingerprint density at radius 3 is 2.41 bits per heavy atom. The minimum Gasteiger partial charge on any atom is -0.497 e. The van der Waals surface area contributed by atoms with E-state index >= 15 is 0 Å². The molecule has 1 aromatic heterocycles. The summed E-state index contributed by atoms with van der Waals surface area (Å²) < 4.78 is 38.0. The molecule has 0 radical (unpaired) electrons. The number of amides is 1. The molecule has 9 heteroatoms. The summed E-state index contributed by atoms with van der Waals surface area (Å²) in [6.07, 6.45) is 1.22. The highest BCUT2D eigenvalue weighted by Gasteiger charge is 2.15. The van der Waals surface area contributed by atoms with Gasteiger partial charge in [0, 0.05) is 29.6 Å². The molecular formula is C23H26N2O5S2. The molecular weight excluding hydrogens is 448 g/mol. The Kier molecular flexibility index (Phi) is 8.26. The van der Waals surface area contributed by atoms with Crippen molar-refractivity contribution in [2.24, 2.45) is 0 Å². The molecule has 0 saturated carbocycles. The molecule has 0 atom stereocenters. The number of ether oxygens (including phenoxy) is 2. The van der Waals surface area contributed by atoms with Crippen LogP contribution in [0.25, 0.3) is 0 Å². The Morgan fingerprint density at radius 2 is 1.75 bits per heavy atom. The van der Waals surface area contributed by atoms with E-state index in [9.17, 15) is 13.2 Å². The second-order valence-electron chi connectivity index (χ2n) is 6.94. The molecule has 1 heterocycles. The number of nitrogens with one attached hydrogen (secondary N) is 2. The Morgan fingerprint density at radius 1 is 0.969 bits per heavy atom. The first-order valence-electron chi connectivity index (χ1n) is 10.0. The van der Waals surface area contributed by atoms with Crippen LogP contribution in [0.5, 0.6) is 11.5 Å². The second kappa shape index (κ2) is 11.1. The predicted molar refractivity (Wildman–Crippen MR) is 125 cm³/mol. The van der Waals surface area contributed by atoms with E-state index in [0.717, 1.165) is 10.4 Å². The number of hydrogen-bond acceptors (Lipinski definition) is 6. The van der Waals surface area contributed by atoms with Crippen molar-refractivity contribution in [2.45, 2.75) is 17.7 Å². The standard InChI is InChI=1S/C23H26N2O5S2/c1-29-19-8-5-17(22(16-19)30-2)11-13-24-23(26)18-6-9-21(10-7-18)32(27,28)25-14-12-20-4-3-15-31-20/h3-10,15-16,25H,11-14H2,1-2H3,(H,24,26). The van der Waals surface area contributed by atoms with Gasteiger partial charge in [-0.1, -0.05) is 12.1 Å². The Hall–Kier alpha value is -2.88. The maximum Gasteiger partial charge on any atom is 0.251 e. The number of benzene rings is 2. The van der Waals surface area contributed by atoms with Crippen molar-refractivity contribution in [3.8, 4) is 11.5 Å². The van der Waals surface area contributed by atoms with E-state index in [-0.39, 0.29) is 10.8 Å². The highest BCUT2D eigenvalue weighted by Crippen LogP contribution is 2.24. The van der Waals surface area contributed by atoms with Gasteiger partial charge in [0.25, 0.3) is 5.91 Å². The number of rotatable bonds is 11. The molecule has 0 spiro atoms. The maximum atomic E-state index is 12.4. The van der Waals surface area contributed by atoms with E-state index in [4.69, 9.17) is 9.47 Å². The van der Waals surface area contributed by atoms with Crippen LogP contribution in [0, 0.1) is 0 Å². The number of hydrogen-bond donors (Lipinski definition) is 2. The third-order valence-corrected chi connectivity index (χ3v) is 7.26. The predicted octanol–water partition coefficient (Wildman–Crippen LogP) is 3.26. The molecule has 0 fully saturated rings. The molecule has 2 N–H and O–H groups in total. The van der Waals surface area contributed by atoms with Crippen molar-refractivity contribution in [1.29, 1.82) is 0 Å². The van der Waals surface area contributed by atoms with E-state index in [1.165, 1.54) is 24.3 Å². The fourth-order valence-corrected chi connectivity index (χ4v) is 4.84. The molecule has 7 nitrogen and oxygen atoms in total. The number of methoxy groups -OCH3 is 2. The van der Waals surface area contributed by atoms with Crippen LogP contribution in [0.4, 0.5) is 0 Å². The van der Waals surface area contributed by atoms with Gasteiger partial charge in [-0.2, -0.15) is 0 Å². The number of thiophene rings is 1. The van der Waals surface area contributed by atoms with Crippen LogP contribution in [-0.2, 0) is 22.9 Å². The Bertz CT molecular complexity index is 1130. The zero-order valence-corrected chi connectivity index (χ0v) is 19.6. The summed E-state index contributed by atoms with van der Waals surface area (Å²) in [6, 6.07) is 15.3. The molecule has 32 heavy (non-hydrogen) atoms. The lowest BCUT2D eigenvalue weighted by atomic mass is 10.1. The van der Waals surface area contributed by atoms with Gasteiger partial charge in [-0.05, 0) is 60.2 Å². The molecule has 3 rings (SSSR count). The minimum atomic E-state index is -3.62. The van der Waals surface area contributed by atoms with Crippen molar-refractivity contribution in [2.75, 3.05) is 27.3 Å². The fourth-order valence-electron chi connectivity index (χ4n) is 3.10. The molecule has 1 amide bonds. The number of carbonyl (C=O) groups is 1. The first-order chi connectivity index (χ1) is 15.4. The molecule has 2 aromatic carbocycles. The van der Waals surface area contributed by atoms with Crippen LogP contribution < -0.4 is 19.5 Å². The van der Waals surface area contributed by atoms with Crippen LogP contribution in [0.2, 0.25) is 0 Å². The normalized spacial score (nSPS) is 11.2. The van der Waals surface area contributed by atoms with Crippen molar-refractivity contribution in [3.05, 3.63) is 76.0 Å². The lowest BCUT2D eigenvalue weighted by Crippen LogP contribution is -2.27. The Labute approximate surface area is 192 Å². The van der Waals surface area contributed by atoms with Gasteiger partial charge >= 0.3 is 0 Å². The van der Waals surface area contributed by atoms with Crippen LogP contribution >= 0.6 is 11.3 Å². The molecule has 3 aromatic rings. The van der Waals surface area contributed by atoms with E-state index in [2.05, 4.69) is 10.0 Å². The zero-order valence-electron chi connectivity index (χ0n) is 18.0. The molecule has 0 unspecified atom stereocenters. The molecule has 0 aliphatic heterocycles.